The summed E-state index contributed by atoms with van der Waals surface area (Å²) in [4.78, 5) is 29.3. The summed E-state index contributed by atoms with van der Waals surface area (Å²) in [5.41, 5.74) is 3.06. The van der Waals surface area contributed by atoms with E-state index in [9.17, 15) is 18.0 Å². The van der Waals surface area contributed by atoms with Crippen molar-refractivity contribution in [2.75, 3.05) is 14.2 Å². The molecule has 3 aromatic rings. The fraction of sp³-hybridized carbons (Fsp3) is 0.438. The maximum Gasteiger partial charge on any atom is 0.243 e. The van der Waals surface area contributed by atoms with Crippen molar-refractivity contribution in [3.8, 4) is 5.75 Å². The fourth-order valence-electron chi connectivity index (χ4n) is 5.97. The number of thiophene rings is 1. The summed E-state index contributed by atoms with van der Waals surface area (Å²) in [6.45, 7) is 0. The quantitative estimate of drug-likeness (QED) is 0.258. The molecule has 0 unspecified atom stereocenters. The van der Waals surface area contributed by atoms with Gasteiger partial charge in [-0.05, 0) is 73.9 Å². The van der Waals surface area contributed by atoms with E-state index in [-0.39, 0.29) is 35.3 Å². The van der Waals surface area contributed by atoms with Crippen LogP contribution in [0, 0.1) is 0 Å². The number of carbonyl (C=O) groups excluding carboxylic acids is 2. The van der Waals surface area contributed by atoms with Crippen LogP contribution in [-0.2, 0) is 35.7 Å². The van der Waals surface area contributed by atoms with E-state index in [2.05, 4.69) is 0 Å². The zero-order chi connectivity index (χ0) is 28.3. The lowest BCUT2D eigenvalue weighted by Gasteiger charge is -2.30. The largest absolute Gasteiger partial charge is 0.497 e. The number of benzene rings is 2. The van der Waals surface area contributed by atoms with Crippen LogP contribution in [0.25, 0.3) is 0 Å². The van der Waals surface area contributed by atoms with Gasteiger partial charge in [-0.2, -0.15) is 4.31 Å². The van der Waals surface area contributed by atoms with Crippen molar-refractivity contribution in [1.29, 1.82) is 0 Å². The number of ether oxygens (including phenoxy) is 1. The minimum atomic E-state index is -3.71. The molecule has 1 aromatic heterocycles. The number of ketones is 2. The Bertz CT molecular complexity index is 1480. The highest BCUT2D eigenvalue weighted by Crippen LogP contribution is 2.36. The van der Waals surface area contributed by atoms with Gasteiger partial charge in [0.1, 0.15) is 5.75 Å². The number of fused-ring (bicyclic) bond motifs is 1. The first-order valence-electron chi connectivity index (χ1n) is 14.2. The first-order valence-corrected chi connectivity index (χ1v) is 16.4. The lowest BCUT2D eigenvalue weighted by Crippen LogP contribution is -2.38. The standard InChI is InChI=1S/C32H37NO5S2/c1-33(24-10-4-3-5-11-24)40(36,37)26-12-8-9-23(20-26)28(34)21-31-32(27-13-6-7-14-30(27)39-31)29(35)19-22-15-17-25(38-2)18-16-22/h8-9,12,15-18,20,24H,3-7,10-11,13-14,19,21H2,1-2H3. The molecule has 0 radical (unpaired) electrons. The first-order chi connectivity index (χ1) is 19.3. The van der Waals surface area contributed by atoms with Crippen molar-refractivity contribution in [1.82, 2.24) is 4.31 Å². The Hall–Kier alpha value is -2.81. The third-order valence-corrected chi connectivity index (χ3v) is 11.5. The minimum absolute atomic E-state index is 0.00480. The van der Waals surface area contributed by atoms with Gasteiger partial charge in [0.05, 0.1) is 12.0 Å². The van der Waals surface area contributed by atoms with Crippen LogP contribution in [0.5, 0.6) is 5.75 Å². The maximum absolute atomic E-state index is 13.6. The molecule has 0 spiro atoms. The average Bonchev–Trinajstić information content (AvgIpc) is 3.35. The molecule has 0 amide bonds. The van der Waals surface area contributed by atoms with Crippen LogP contribution in [0.15, 0.2) is 53.4 Å². The van der Waals surface area contributed by atoms with Gasteiger partial charge in [0, 0.05) is 46.8 Å². The van der Waals surface area contributed by atoms with Crippen molar-refractivity contribution in [2.24, 2.45) is 0 Å². The number of aryl methyl sites for hydroxylation is 1. The van der Waals surface area contributed by atoms with Gasteiger partial charge in [0.25, 0.3) is 0 Å². The Kier molecular flexibility index (Phi) is 8.88. The molecule has 1 saturated carbocycles. The number of hydrogen-bond donors (Lipinski definition) is 0. The number of nitrogens with zero attached hydrogens (tertiary/aromatic N) is 1. The molecule has 2 aliphatic carbocycles. The third kappa shape index (κ3) is 6.09. The van der Waals surface area contributed by atoms with Gasteiger partial charge in [-0.3, -0.25) is 9.59 Å². The van der Waals surface area contributed by atoms with Crippen molar-refractivity contribution in [3.05, 3.63) is 80.5 Å². The topological polar surface area (TPSA) is 80.8 Å². The van der Waals surface area contributed by atoms with Crippen molar-refractivity contribution in [3.63, 3.8) is 0 Å². The average molecular weight is 580 g/mol. The minimum Gasteiger partial charge on any atom is -0.497 e. The number of sulfonamides is 1. The highest BCUT2D eigenvalue weighted by atomic mass is 32.2. The first kappa shape index (κ1) is 28.7. The molecule has 0 N–H and O–H groups in total. The zero-order valence-electron chi connectivity index (χ0n) is 23.3. The molecule has 212 valence electrons. The Labute approximate surface area is 241 Å². The molecular formula is C32H37NO5S2. The smallest absolute Gasteiger partial charge is 0.243 e. The van der Waals surface area contributed by atoms with E-state index in [1.807, 2.05) is 24.3 Å². The number of hydrogen-bond acceptors (Lipinski definition) is 6. The lowest BCUT2D eigenvalue weighted by atomic mass is 9.90. The summed E-state index contributed by atoms with van der Waals surface area (Å²) in [5.74, 6) is 0.594. The Morgan fingerprint density at radius 1 is 0.925 bits per heavy atom. The van der Waals surface area contributed by atoms with Gasteiger partial charge in [0.15, 0.2) is 11.6 Å². The van der Waals surface area contributed by atoms with Gasteiger partial charge in [-0.1, -0.05) is 43.5 Å². The second-order valence-electron chi connectivity index (χ2n) is 10.9. The molecule has 0 saturated heterocycles. The number of carbonyl (C=O) groups is 2. The summed E-state index contributed by atoms with van der Waals surface area (Å²) in [5, 5.41) is 0. The van der Waals surface area contributed by atoms with Gasteiger partial charge >= 0.3 is 0 Å². The normalized spacial score (nSPS) is 16.1. The van der Waals surface area contributed by atoms with E-state index in [1.54, 1.807) is 43.7 Å². The van der Waals surface area contributed by atoms with Gasteiger partial charge < -0.3 is 4.74 Å². The van der Waals surface area contributed by atoms with Crippen molar-refractivity contribution < 1.29 is 22.7 Å². The van der Waals surface area contributed by atoms with E-state index in [1.165, 1.54) is 15.2 Å². The van der Waals surface area contributed by atoms with Crippen LogP contribution < -0.4 is 4.74 Å². The molecule has 0 aliphatic heterocycles. The number of rotatable bonds is 10. The fourth-order valence-corrected chi connectivity index (χ4v) is 8.85. The van der Waals surface area contributed by atoms with E-state index in [0.29, 0.717) is 11.1 Å². The van der Waals surface area contributed by atoms with Crippen LogP contribution in [0.4, 0.5) is 0 Å². The summed E-state index contributed by atoms with van der Waals surface area (Å²) < 4.78 is 33.6. The lowest BCUT2D eigenvalue weighted by molar-refractivity contribution is 0.0989. The Morgan fingerprint density at radius 3 is 2.38 bits per heavy atom. The summed E-state index contributed by atoms with van der Waals surface area (Å²) in [6, 6.07) is 13.9. The molecule has 2 aromatic carbocycles. The van der Waals surface area contributed by atoms with E-state index >= 15 is 0 Å². The predicted molar refractivity (Wildman–Crippen MR) is 158 cm³/mol. The highest BCUT2D eigenvalue weighted by molar-refractivity contribution is 7.89. The Morgan fingerprint density at radius 2 is 1.65 bits per heavy atom. The second kappa shape index (κ2) is 12.4. The predicted octanol–water partition coefficient (Wildman–Crippen LogP) is 6.44. The summed E-state index contributed by atoms with van der Waals surface area (Å²) in [6.07, 6.45) is 9.19. The SMILES string of the molecule is COc1ccc(CC(=O)c2c(CC(=O)c3cccc(S(=O)(=O)N(C)C4CCCCC4)c3)sc3c2CCCC3)cc1. The van der Waals surface area contributed by atoms with Gasteiger partial charge in [0.2, 0.25) is 10.0 Å². The molecule has 8 heteroatoms. The van der Waals surface area contributed by atoms with Crippen LogP contribution in [0.3, 0.4) is 0 Å². The van der Waals surface area contributed by atoms with Crippen LogP contribution in [0.1, 0.15) is 86.5 Å². The van der Waals surface area contributed by atoms with E-state index < -0.39 is 10.0 Å². The molecule has 5 rings (SSSR count). The number of Topliss-reactive ketones (excluding diaryl/α,β-unsaturated/α-hetero) is 2. The maximum atomic E-state index is 13.6. The molecular weight excluding hydrogens is 542 g/mol. The zero-order valence-corrected chi connectivity index (χ0v) is 24.9. The van der Waals surface area contributed by atoms with E-state index in [4.69, 9.17) is 4.74 Å². The Balaban J connectivity index is 1.39. The summed E-state index contributed by atoms with van der Waals surface area (Å²) in [7, 11) is -0.449. The monoisotopic (exact) mass is 579 g/mol. The molecule has 2 aliphatic rings. The molecule has 0 bridgehead atoms. The number of methoxy groups -OCH3 is 1. The third-order valence-electron chi connectivity index (χ3n) is 8.29. The molecule has 1 heterocycles. The van der Waals surface area contributed by atoms with Crippen molar-refractivity contribution >= 4 is 32.9 Å². The van der Waals surface area contributed by atoms with E-state index in [0.717, 1.165) is 79.5 Å². The molecule has 6 nitrogen and oxygen atoms in total. The van der Waals surface area contributed by atoms with Crippen LogP contribution in [0.2, 0.25) is 0 Å². The molecule has 40 heavy (non-hydrogen) atoms. The molecule has 0 atom stereocenters. The van der Waals surface area contributed by atoms with Gasteiger partial charge in [-0.25, -0.2) is 8.42 Å². The van der Waals surface area contributed by atoms with Crippen molar-refractivity contribution in [2.45, 2.75) is 81.6 Å². The summed E-state index contributed by atoms with van der Waals surface area (Å²) >= 11 is 1.58. The van der Waals surface area contributed by atoms with Crippen LogP contribution >= 0.6 is 11.3 Å². The highest BCUT2D eigenvalue weighted by Gasteiger charge is 2.30. The molecule has 1 fully saturated rings. The second-order valence-corrected chi connectivity index (χ2v) is 14.1. The van der Waals surface area contributed by atoms with Gasteiger partial charge in [-0.15, -0.1) is 11.3 Å². The van der Waals surface area contributed by atoms with Crippen LogP contribution in [-0.4, -0.2) is 44.5 Å².